The number of esters is 1. The van der Waals surface area contributed by atoms with Gasteiger partial charge in [-0.25, -0.2) is 4.39 Å². The summed E-state index contributed by atoms with van der Waals surface area (Å²) < 4.78 is 30.9. The SMILES string of the molecule is CC[C@@H](c1ccc2c(c1)OC(c1ccc(-c3cc(OC)ccc3F)cn1)CC2)[C@H](C)C(=O)OC. The van der Waals surface area contributed by atoms with Gasteiger partial charge in [0.15, 0.2) is 0 Å². The third-order valence-electron chi connectivity index (χ3n) is 6.68. The average molecular weight is 464 g/mol. The summed E-state index contributed by atoms with van der Waals surface area (Å²) in [6.45, 7) is 3.98. The third-order valence-corrected chi connectivity index (χ3v) is 6.68. The van der Waals surface area contributed by atoms with Gasteiger partial charge in [0.05, 0.1) is 25.8 Å². The minimum absolute atomic E-state index is 0.0527. The van der Waals surface area contributed by atoms with E-state index in [1.807, 2.05) is 19.1 Å². The van der Waals surface area contributed by atoms with E-state index in [4.69, 9.17) is 14.2 Å². The lowest BCUT2D eigenvalue weighted by Crippen LogP contribution is -2.21. The van der Waals surface area contributed by atoms with Gasteiger partial charge < -0.3 is 14.2 Å². The van der Waals surface area contributed by atoms with Gasteiger partial charge in [0.2, 0.25) is 0 Å². The van der Waals surface area contributed by atoms with Crippen LogP contribution in [0.4, 0.5) is 4.39 Å². The van der Waals surface area contributed by atoms with Crippen LogP contribution in [0.25, 0.3) is 11.1 Å². The first-order valence-corrected chi connectivity index (χ1v) is 11.6. The first-order valence-electron chi connectivity index (χ1n) is 11.6. The molecule has 0 bridgehead atoms. The van der Waals surface area contributed by atoms with E-state index in [2.05, 4.69) is 30.1 Å². The number of halogens is 1. The number of aryl methyl sites for hydroxylation is 1. The molecule has 0 N–H and O–H groups in total. The Hall–Kier alpha value is -3.41. The van der Waals surface area contributed by atoms with Gasteiger partial charge in [-0.3, -0.25) is 9.78 Å². The molecule has 1 aliphatic heterocycles. The Bertz CT molecular complexity index is 1160. The summed E-state index contributed by atoms with van der Waals surface area (Å²) in [6.07, 6.45) is 3.99. The van der Waals surface area contributed by atoms with Crippen molar-refractivity contribution in [3.63, 3.8) is 0 Å². The lowest BCUT2D eigenvalue weighted by molar-refractivity contribution is -0.145. The molecule has 4 rings (SSSR count). The van der Waals surface area contributed by atoms with Gasteiger partial charge in [-0.2, -0.15) is 0 Å². The van der Waals surface area contributed by atoms with Gasteiger partial charge >= 0.3 is 5.97 Å². The molecule has 2 heterocycles. The number of pyridine rings is 1. The van der Waals surface area contributed by atoms with E-state index in [0.29, 0.717) is 16.9 Å². The highest BCUT2D eigenvalue weighted by molar-refractivity contribution is 5.73. The van der Waals surface area contributed by atoms with Gasteiger partial charge in [0.1, 0.15) is 23.4 Å². The number of fused-ring (bicyclic) bond motifs is 1. The molecular weight excluding hydrogens is 433 g/mol. The standard InChI is InChI=1S/C28H30FNO4/c1-5-22(17(2)28(31)33-4)19-7-6-18-9-13-26(34-27(18)14-19)25-12-8-20(16-30-25)23-15-21(32-3)10-11-24(23)29/h6-8,10-12,14-17,22,26H,5,9,13H2,1-4H3/t17-,22+,26?/m0/s1. The number of hydrogen-bond donors (Lipinski definition) is 0. The van der Waals surface area contributed by atoms with Crippen molar-refractivity contribution < 1.29 is 23.4 Å². The second-order valence-electron chi connectivity index (χ2n) is 8.66. The molecule has 0 saturated heterocycles. The zero-order valence-electron chi connectivity index (χ0n) is 20.0. The number of nitrogens with zero attached hydrogens (tertiary/aromatic N) is 1. The van der Waals surface area contributed by atoms with Gasteiger partial charge in [-0.15, -0.1) is 0 Å². The van der Waals surface area contributed by atoms with E-state index in [0.717, 1.165) is 41.8 Å². The molecule has 0 amide bonds. The molecule has 34 heavy (non-hydrogen) atoms. The van der Waals surface area contributed by atoms with Crippen LogP contribution in [-0.2, 0) is 16.0 Å². The summed E-state index contributed by atoms with van der Waals surface area (Å²) in [5.74, 6) is 0.706. The highest BCUT2D eigenvalue weighted by atomic mass is 19.1. The van der Waals surface area contributed by atoms with Crippen LogP contribution < -0.4 is 9.47 Å². The number of benzene rings is 2. The molecule has 1 unspecified atom stereocenters. The Morgan fingerprint density at radius 2 is 2.00 bits per heavy atom. The topological polar surface area (TPSA) is 57.7 Å². The second kappa shape index (κ2) is 10.2. The maximum absolute atomic E-state index is 14.3. The fourth-order valence-corrected chi connectivity index (χ4v) is 4.66. The van der Waals surface area contributed by atoms with Crippen LogP contribution >= 0.6 is 0 Å². The zero-order chi connectivity index (χ0) is 24.2. The van der Waals surface area contributed by atoms with Crippen molar-refractivity contribution in [2.24, 2.45) is 5.92 Å². The quantitative estimate of drug-likeness (QED) is 0.387. The molecule has 1 aliphatic rings. The first-order chi connectivity index (χ1) is 16.4. The van der Waals surface area contributed by atoms with Gasteiger partial charge in [0, 0.05) is 17.3 Å². The molecule has 0 saturated carbocycles. The second-order valence-corrected chi connectivity index (χ2v) is 8.66. The molecule has 2 aromatic carbocycles. The van der Waals surface area contributed by atoms with Crippen molar-refractivity contribution in [3.8, 4) is 22.6 Å². The molecule has 0 spiro atoms. The summed E-state index contributed by atoms with van der Waals surface area (Å²) in [7, 11) is 2.98. The molecule has 178 valence electrons. The first kappa shape index (κ1) is 23.7. The number of aromatic nitrogens is 1. The van der Waals surface area contributed by atoms with E-state index in [9.17, 15) is 9.18 Å². The van der Waals surface area contributed by atoms with E-state index in [1.165, 1.54) is 13.2 Å². The Balaban J connectivity index is 1.55. The average Bonchev–Trinajstić information content (AvgIpc) is 2.88. The minimum atomic E-state index is -0.322. The predicted molar refractivity (Wildman–Crippen MR) is 129 cm³/mol. The maximum Gasteiger partial charge on any atom is 0.308 e. The number of methoxy groups -OCH3 is 2. The largest absolute Gasteiger partial charge is 0.497 e. The smallest absolute Gasteiger partial charge is 0.308 e. The van der Waals surface area contributed by atoms with E-state index >= 15 is 0 Å². The Labute approximate surface area is 199 Å². The molecule has 0 fully saturated rings. The van der Waals surface area contributed by atoms with Gasteiger partial charge in [-0.05, 0) is 66.6 Å². The van der Waals surface area contributed by atoms with Crippen molar-refractivity contribution >= 4 is 5.97 Å². The maximum atomic E-state index is 14.3. The predicted octanol–water partition coefficient (Wildman–Crippen LogP) is 6.27. The Morgan fingerprint density at radius 1 is 1.18 bits per heavy atom. The summed E-state index contributed by atoms with van der Waals surface area (Å²) in [5, 5.41) is 0. The number of ether oxygens (including phenoxy) is 3. The highest BCUT2D eigenvalue weighted by Gasteiger charge is 2.28. The molecule has 3 aromatic rings. The normalized spacial score (nSPS) is 16.7. The Morgan fingerprint density at radius 3 is 2.68 bits per heavy atom. The number of carbonyl (C=O) groups excluding carboxylic acids is 1. The molecule has 1 aromatic heterocycles. The zero-order valence-corrected chi connectivity index (χ0v) is 20.0. The van der Waals surface area contributed by atoms with Crippen LogP contribution in [-0.4, -0.2) is 25.2 Å². The Kier molecular flexibility index (Phi) is 7.15. The van der Waals surface area contributed by atoms with E-state index in [1.54, 1.807) is 25.4 Å². The minimum Gasteiger partial charge on any atom is -0.497 e. The summed E-state index contributed by atoms with van der Waals surface area (Å²) in [4.78, 5) is 16.7. The van der Waals surface area contributed by atoms with Crippen molar-refractivity contribution in [2.75, 3.05) is 14.2 Å². The van der Waals surface area contributed by atoms with Crippen LogP contribution in [0, 0.1) is 11.7 Å². The van der Waals surface area contributed by atoms with Crippen molar-refractivity contribution in [3.05, 3.63) is 77.4 Å². The molecule has 6 heteroatoms. The van der Waals surface area contributed by atoms with Crippen LogP contribution in [0.15, 0.2) is 54.7 Å². The van der Waals surface area contributed by atoms with Crippen LogP contribution in [0.3, 0.4) is 0 Å². The highest BCUT2D eigenvalue weighted by Crippen LogP contribution is 2.39. The molecule has 5 nitrogen and oxygen atoms in total. The number of carbonyl (C=O) groups is 1. The molecule has 0 radical (unpaired) electrons. The lowest BCUT2D eigenvalue weighted by Gasteiger charge is -2.28. The summed E-state index contributed by atoms with van der Waals surface area (Å²) in [6, 6.07) is 14.6. The fraction of sp³-hybridized carbons (Fsp3) is 0.357. The fourth-order valence-electron chi connectivity index (χ4n) is 4.66. The molecule has 3 atom stereocenters. The van der Waals surface area contributed by atoms with Crippen molar-refractivity contribution in [2.45, 2.75) is 45.1 Å². The van der Waals surface area contributed by atoms with E-state index < -0.39 is 0 Å². The summed E-state index contributed by atoms with van der Waals surface area (Å²) in [5.41, 5.74) is 4.15. The lowest BCUT2D eigenvalue weighted by atomic mass is 9.84. The number of rotatable bonds is 7. The van der Waals surface area contributed by atoms with Crippen LogP contribution in [0.1, 0.15) is 55.5 Å². The summed E-state index contributed by atoms with van der Waals surface area (Å²) >= 11 is 0. The van der Waals surface area contributed by atoms with Crippen LogP contribution in [0.2, 0.25) is 0 Å². The van der Waals surface area contributed by atoms with Crippen LogP contribution in [0.5, 0.6) is 11.5 Å². The third kappa shape index (κ3) is 4.76. The monoisotopic (exact) mass is 463 g/mol. The van der Waals surface area contributed by atoms with Crippen molar-refractivity contribution in [1.82, 2.24) is 4.98 Å². The van der Waals surface area contributed by atoms with E-state index in [-0.39, 0.29) is 29.7 Å². The number of hydrogen-bond acceptors (Lipinski definition) is 5. The van der Waals surface area contributed by atoms with Crippen molar-refractivity contribution in [1.29, 1.82) is 0 Å². The molecule has 0 aliphatic carbocycles. The van der Waals surface area contributed by atoms with Gasteiger partial charge in [0.25, 0.3) is 0 Å². The van der Waals surface area contributed by atoms with Gasteiger partial charge in [-0.1, -0.05) is 32.0 Å². The molecular formula is C28H30FNO4.